The lowest BCUT2D eigenvalue weighted by Crippen LogP contribution is -2.22. The highest BCUT2D eigenvalue weighted by molar-refractivity contribution is 6.76. The van der Waals surface area contributed by atoms with Gasteiger partial charge in [0.1, 0.15) is 5.15 Å². The fourth-order valence-corrected chi connectivity index (χ4v) is 3.08. The number of fused-ring (bicyclic) bond motifs is 1. The van der Waals surface area contributed by atoms with Gasteiger partial charge >= 0.3 is 0 Å². The van der Waals surface area contributed by atoms with Gasteiger partial charge in [-0.2, -0.15) is 0 Å². The van der Waals surface area contributed by atoms with Gasteiger partial charge in [0.05, 0.1) is 5.69 Å². The van der Waals surface area contributed by atoms with E-state index in [0.29, 0.717) is 5.15 Å². The van der Waals surface area contributed by atoms with E-state index in [9.17, 15) is 0 Å². The average Bonchev–Trinajstić information content (AvgIpc) is 2.40. The second-order valence-electron chi connectivity index (χ2n) is 6.34. The fourth-order valence-electron chi connectivity index (χ4n) is 2.03. The molecule has 0 saturated heterocycles. The van der Waals surface area contributed by atoms with E-state index in [2.05, 4.69) is 24.6 Å². The Morgan fingerprint density at radius 1 is 1.14 bits per heavy atom. The molecule has 114 valence electrons. The lowest BCUT2D eigenvalue weighted by Gasteiger charge is -2.16. The Morgan fingerprint density at radius 3 is 2.48 bits per heavy atom. The van der Waals surface area contributed by atoms with Gasteiger partial charge in [-0.1, -0.05) is 55.5 Å². The topological polar surface area (TPSA) is 31.4 Å². The van der Waals surface area contributed by atoms with Crippen LogP contribution in [0, 0.1) is 6.92 Å². The lowest BCUT2D eigenvalue weighted by atomic mass is 10.1. The molecule has 0 N–H and O–H groups in total. The van der Waals surface area contributed by atoms with Gasteiger partial charge in [0.15, 0.2) is 12.5 Å². The van der Waals surface area contributed by atoms with Crippen molar-refractivity contribution in [3.8, 4) is 5.75 Å². The van der Waals surface area contributed by atoms with Crippen LogP contribution in [0.15, 0.2) is 24.3 Å². The van der Waals surface area contributed by atoms with E-state index in [-0.39, 0.29) is 6.79 Å². The molecule has 0 aliphatic carbocycles. The highest BCUT2D eigenvalue weighted by Gasteiger charge is 2.13. The highest BCUT2D eigenvalue weighted by atomic mass is 35.5. The van der Waals surface area contributed by atoms with Gasteiger partial charge in [0, 0.05) is 25.5 Å². The molecule has 0 spiro atoms. The van der Waals surface area contributed by atoms with E-state index in [0.717, 1.165) is 34.9 Å². The Kier molecular flexibility index (Phi) is 5.25. The number of hydrogen-bond donors (Lipinski definition) is 0. The molecular weight excluding hydrogens is 302 g/mol. The van der Waals surface area contributed by atoms with E-state index >= 15 is 0 Å². The summed E-state index contributed by atoms with van der Waals surface area (Å²) in [6, 6.07) is 8.99. The molecule has 2 rings (SSSR count). The molecule has 1 aromatic heterocycles. The molecule has 3 nitrogen and oxygen atoms in total. The number of ether oxygens (including phenoxy) is 2. The number of aryl methyl sites for hydroxylation is 1. The number of nitrogens with zero attached hydrogens (tertiary/aromatic N) is 1. The van der Waals surface area contributed by atoms with Crippen molar-refractivity contribution in [1.29, 1.82) is 0 Å². The lowest BCUT2D eigenvalue weighted by molar-refractivity contribution is 0.0223. The van der Waals surface area contributed by atoms with Crippen LogP contribution in [-0.4, -0.2) is 26.5 Å². The standard InChI is InChI=1S/C16H22ClNO2Si/c1-12-15(20-11-19-9-10-21(2,3)4)13-7-5-6-8-14(13)16(17)18-12/h5-8H,9-11H2,1-4H3. The summed E-state index contributed by atoms with van der Waals surface area (Å²) in [6.45, 7) is 9.88. The molecule has 0 unspecified atom stereocenters. The molecule has 0 bridgehead atoms. The molecule has 0 amide bonds. The third-order valence-corrected chi connectivity index (χ3v) is 5.26. The van der Waals surface area contributed by atoms with Crippen LogP contribution < -0.4 is 4.74 Å². The SMILES string of the molecule is Cc1nc(Cl)c2ccccc2c1OCOCC[Si](C)(C)C. The number of benzene rings is 1. The van der Waals surface area contributed by atoms with Crippen LogP contribution in [0.4, 0.5) is 0 Å². The van der Waals surface area contributed by atoms with Crippen molar-refractivity contribution >= 4 is 30.4 Å². The first-order chi connectivity index (χ1) is 9.88. The van der Waals surface area contributed by atoms with Crippen molar-refractivity contribution in [2.24, 2.45) is 0 Å². The van der Waals surface area contributed by atoms with Crippen LogP contribution in [-0.2, 0) is 4.74 Å². The summed E-state index contributed by atoms with van der Waals surface area (Å²) in [5.74, 6) is 0.753. The molecule has 0 saturated carbocycles. The van der Waals surface area contributed by atoms with Gasteiger partial charge < -0.3 is 9.47 Å². The van der Waals surface area contributed by atoms with Crippen LogP contribution in [0.2, 0.25) is 30.8 Å². The molecule has 0 aliphatic rings. The van der Waals surface area contributed by atoms with Crippen molar-refractivity contribution in [1.82, 2.24) is 4.98 Å². The maximum absolute atomic E-state index is 6.17. The Hall–Kier alpha value is -1.10. The van der Waals surface area contributed by atoms with Crippen molar-refractivity contribution < 1.29 is 9.47 Å². The average molecular weight is 324 g/mol. The summed E-state index contributed by atoms with van der Waals surface area (Å²) in [6.07, 6.45) is 0. The molecular formula is C16H22ClNO2Si. The Bertz CT molecular complexity index is 625. The van der Waals surface area contributed by atoms with Gasteiger partial charge in [0.2, 0.25) is 0 Å². The summed E-state index contributed by atoms with van der Waals surface area (Å²) in [5, 5.41) is 2.39. The molecule has 2 aromatic rings. The summed E-state index contributed by atoms with van der Waals surface area (Å²) in [7, 11) is -1.06. The maximum atomic E-state index is 6.17. The number of rotatable bonds is 6. The van der Waals surface area contributed by atoms with E-state index < -0.39 is 8.07 Å². The van der Waals surface area contributed by atoms with Crippen LogP contribution >= 0.6 is 11.6 Å². The minimum Gasteiger partial charge on any atom is -0.465 e. The second-order valence-corrected chi connectivity index (χ2v) is 12.3. The van der Waals surface area contributed by atoms with Crippen LogP contribution in [0.5, 0.6) is 5.75 Å². The minimum absolute atomic E-state index is 0.249. The normalized spacial score (nSPS) is 11.9. The summed E-state index contributed by atoms with van der Waals surface area (Å²) >= 11 is 6.17. The van der Waals surface area contributed by atoms with Gasteiger partial charge in [-0.25, -0.2) is 4.98 Å². The highest BCUT2D eigenvalue weighted by Crippen LogP contribution is 2.32. The Balaban J connectivity index is 2.05. The van der Waals surface area contributed by atoms with Crippen LogP contribution in [0.1, 0.15) is 5.69 Å². The molecule has 1 heterocycles. The smallest absolute Gasteiger partial charge is 0.189 e. The Labute approximate surface area is 132 Å². The second kappa shape index (κ2) is 6.77. The van der Waals surface area contributed by atoms with Crippen molar-refractivity contribution in [2.75, 3.05) is 13.4 Å². The first-order valence-electron chi connectivity index (χ1n) is 7.14. The van der Waals surface area contributed by atoms with Gasteiger partial charge in [-0.3, -0.25) is 0 Å². The molecule has 0 radical (unpaired) electrons. The van der Waals surface area contributed by atoms with Crippen molar-refractivity contribution in [2.45, 2.75) is 32.6 Å². The summed E-state index contributed by atoms with van der Waals surface area (Å²) < 4.78 is 11.4. The Morgan fingerprint density at radius 2 is 1.81 bits per heavy atom. The van der Waals surface area contributed by atoms with Crippen LogP contribution in [0.3, 0.4) is 0 Å². The third kappa shape index (κ3) is 4.43. The predicted molar refractivity (Wildman–Crippen MR) is 91.1 cm³/mol. The van der Waals surface area contributed by atoms with E-state index in [1.807, 2.05) is 31.2 Å². The number of aromatic nitrogens is 1. The van der Waals surface area contributed by atoms with Gasteiger partial charge in [0.25, 0.3) is 0 Å². The third-order valence-electron chi connectivity index (χ3n) is 3.27. The van der Waals surface area contributed by atoms with Crippen LogP contribution in [0.25, 0.3) is 10.8 Å². The molecule has 21 heavy (non-hydrogen) atoms. The van der Waals surface area contributed by atoms with Gasteiger partial charge in [-0.15, -0.1) is 0 Å². The quantitative estimate of drug-likeness (QED) is 0.328. The fraction of sp³-hybridized carbons (Fsp3) is 0.438. The first-order valence-corrected chi connectivity index (χ1v) is 11.2. The van der Waals surface area contributed by atoms with Gasteiger partial charge in [-0.05, 0) is 13.0 Å². The molecule has 0 atom stereocenters. The molecule has 1 aromatic carbocycles. The van der Waals surface area contributed by atoms with Crippen molar-refractivity contribution in [3.05, 3.63) is 35.1 Å². The first kappa shape index (κ1) is 16.3. The molecule has 5 heteroatoms. The monoisotopic (exact) mass is 323 g/mol. The zero-order valence-corrected chi connectivity index (χ0v) is 14.8. The summed E-state index contributed by atoms with van der Waals surface area (Å²) in [5.41, 5.74) is 0.785. The molecule has 0 aliphatic heterocycles. The summed E-state index contributed by atoms with van der Waals surface area (Å²) in [4.78, 5) is 4.33. The zero-order valence-electron chi connectivity index (χ0n) is 13.1. The van der Waals surface area contributed by atoms with E-state index in [1.54, 1.807) is 0 Å². The van der Waals surface area contributed by atoms with E-state index in [4.69, 9.17) is 21.1 Å². The number of pyridine rings is 1. The number of hydrogen-bond acceptors (Lipinski definition) is 3. The minimum atomic E-state index is -1.06. The maximum Gasteiger partial charge on any atom is 0.189 e. The predicted octanol–water partition coefficient (Wildman–Crippen LogP) is 4.89. The molecule has 0 fully saturated rings. The van der Waals surface area contributed by atoms with E-state index in [1.165, 1.54) is 0 Å². The zero-order chi connectivity index (χ0) is 15.5. The number of halogens is 1. The largest absolute Gasteiger partial charge is 0.465 e. The van der Waals surface area contributed by atoms with Crippen molar-refractivity contribution in [3.63, 3.8) is 0 Å².